The van der Waals surface area contributed by atoms with Gasteiger partial charge in [-0.15, -0.1) is 0 Å². The average Bonchev–Trinajstić information content (AvgIpc) is 2.43. The zero-order chi connectivity index (χ0) is 15.4. The fraction of sp³-hybridized carbons (Fsp3) is 0.833. The molecule has 0 bridgehead atoms. The number of likely N-dealkylation sites (N-methyl/N-ethyl adjacent to an activating group) is 1. The van der Waals surface area contributed by atoms with Crippen LogP contribution < -0.4 is 27.8 Å². The van der Waals surface area contributed by atoms with Crippen LogP contribution in [0.4, 0.5) is 4.79 Å². The molecule has 0 aliphatic heterocycles. The third-order valence-electron chi connectivity index (χ3n) is 2.74. The number of hydrogen-bond acceptors (Lipinski definition) is 5. The standard InChI is InChI=1S/C12H28N6O2/c1-2-16-11(19)10(15)4-3-7-17-12(20)18(8-5-13)9-6-14/h10H,2-9,13-15H2,1H3,(H,16,19)(H,17,20). The van der Waals surface area contributed by atoms with E-state index in [-0.39, 0.29) is 11.9 Å². The summed E-state index contributed by atoms with van der Waals surface area (Å²) in [6.45, 7) is 4.62. The molecule has 8 heteroatoms. The van der Waals surface area contributed by atoms with Crippen LogP contribution in [0.3, 0.4) is 0 Å². The molecule has 0 rings (SSSR count). The van der Waals surface area contributed by atoms with E-state index in [0.717, 1.165) is 0 Å². The fourth-order valence-electron chi connectivity index (χ4n) is 1.69. The molecule has 0 aromatic carbocycles. The Morgan fingerprint density at radius 3 is 2.25 bits per heavy atom. The number of nitrogens with one attached hydrogen (secondary N) is 2. The van der Waals surface area contributed by atoms with Gasteiger partial charge >= 0.3 is 6.03 Å². The minimum atomic E-state index is -0.531. The summed E-state index contributed by atoms with van der Waals surface area (Å²) in [7, 11) is 0. The Morgan fingerprint density at radius 1 is 1.15 bits per heavy atom. The van der Waals surface area contributed by atoms with Crippen molar-refractivity contribution in [1.82, 2.24) is 15.5 Å². The van der Waals surface area contributed by atoms with E-state index >= 15 is 0 Å². The SMILES string of the molecule is CCNC(=O)C(N)CCCNC(=O)N(CCN)CCN. The molecule has 0 aliphatic rings. The van der Waals surface area contributed by atoms with Gasteiger partial charge in [-0.05, 0) is 19.8 Å². The van der Waals surface area contributed by atoms with E-state index in [1.807, 2.05) is 6.92 Å². The highest BCUT2D eigenvalue weighted by Gasteiger charge is 2.13. The largest absolute Gasteiger partial charge is 0.355 e. The number of rotatable bonds is 10. The number of nitrogens with two attached hydrogens (primary N) is 3. The van der Waals surface area contributed by atoms with Crippen molar-refractivity contribution in [1.29, 1.82) is 0 Å². The molecule has 0 aliphatic carbocycles. The van der Waals surface area contributed by atoms with Crippen LogP contribution in [-0.4, -0.2) is 62.1 Å². The Labute approximate surface area is 120 Å². The summed E-state index contributed by atoms with van der Waals surface area (Å²) in [4.78, 5) is 24.8. The lowest BCUT2D eigenvalue weighted by Crippen LogP contribution is -2.45. The Morgan fingerprint density at radius 2 is 1.75 bits per heavy atom. The van der Waals surface area contributed by atoms with Gasteiger partial charge in [0.25, 0.3) is 0 Å². The second-order valence-corrected chi connectivity index (χ2v) is 4.44. The molecule has 0 radical (unpaired) electrons. The fourth-order valence-corrected chi connectivity index (χ4v) is 1.69. The summed E-state index contributed by atoms with van der Waals surface area (Å²) in [5.41, 5.74) is 16.6. The van der Waals surface area contributed by atoms with Crippen molar-refractivity contribution in [2.24, 2.45) is 17.2 Å². The predicted octanol–water partition coefficient (Wildman–Crippen LogP) is -1.84. The van der Waals surface area contributed by atoms with Crippen LogP contribution in [0.2, 0.25) is 0 Å². The summed E-state index contributed by atoms with van der Waals surface area (Å²) in [5, 5.41) is 5.43. The normalized spacial score (nSPS) is 11.8. The maximum absolute atomic E-state index is 11.8. The van der Waals surface area contributed by atoms with Crippen molar-refractivity contribution < 1.29 is 9.59 Å². The highest BCUT2D eigenvalue weighted by molar-refractivity contribution is 5.81. The molecule has 1 unspecified atom stereocenters. The molecule has 0 saturated carbocycles. The molecular weight excluding hydrogens is 260 g/mol. The number of urea groups is 1. The number of hydrogen-bond donors (Lipinski definition) is 5. The monoisotopic (exact) mass is 288 g/mol. The van der Waals surface area contributed by atoms with Gasteiger partial charge in [0.15, 0.2) is 0 Å². The van der Waals surface area contributed by atoms with Crippen LogP contribution in [0, 0.1) is 0 Å². The van der Waals surface area contributed by atoms with Gasteiger partial charge in [0.1, 0.15) is 0 Å². The number of carbonyl (C=O) groups is 2. The molecular formula is C12H28N6O2. The first kappa shape index (κ1) is 18.6. The van der Waals surface area contributed by atoms with E-state index in [1.54, 1.807) is 4.90 Å². The topological polar surface area (TPSA) is 140 Å². The first-order chi connectivity index (χ1) is 9.56. The third-order valence-corrected chi connectivity index (χ3v) is 2.74. The third kappa shape index (κ3) is 7.93. The van der Waals surface area contributed by atoms with E-state index in [2.05, 4.69) is 10.6 Å². The summed E-state index contributed by atoms with van der Waals surface area (Å²) in [6.07, 6.45) is 1.17. The van der Waals surface area contributed by atoms with Gasteiger partial charge in [-0.2, -0.15) is 0 Å². The maximum Gasteiger partial charge on any atom is 0.317 e. The van der Waals surface area contributed by atoms with Gasteiger partial charge in [-0.3, -0.25) is 4.79 Å². The number of amides is 3. The van der Waals surface area contributed by atoms with Crippen molar-refractivity contribution in [2.75, 3.05) is 39.3 Å². The first-order valence-corrected chi connectivity index (χ1v) is 7.03. The van der Waals surface area contributed by atoms with Gasteiger partial charge in [0.05, 0.1) is 6.04 Å². The predicted molar refractivity (Wildman–Crippen MR) is 79.0 cm³/mol. The van der Waals surface area contributed by atoms with Crippen LogP contribution in [-0.2, 0) is 4.79 Å². The molecule has 118 valence electrons. The van der Waals surface area contributed by atoms with Gasteiger partial charge in [-0.25, -0.2) is 4.79 Å². The van der Waals surface area contributed by atoms with E-state index < -0.39 is 6.04 Å². The lowest BCUT2D eigenvalue weighted by Gasteiger charge is -2.21. The van der Waals surface area contributed by atoms with Crippen LogP contribution in [0.1, 0.15) is 19.8 Å². The molecule has 8 N–H and O–H groups in total. The summed E-state index contributed by atoms with van der Waals surface area (Å²) < 4.78 is 0. The summed E-state index contributed by atoms with van der Waals surface area (Å²) in [6, 6.07) is -0.719. The number of carbonyl (C=O) groups excluding carboxylic acids is 2. The Balaban J connectivity index is 3.87. The smallest absolute Gasteiger partial charge is 0.317 e. The van der Waals surface area contributed by atoms with Crippen molar-refractivity contribution in [3.63, 3.8) is 0 Å². The molecule has 0 fully saturated rings. The highest BCUT2D eigenvalue weighted by atomic mass is 16.2. The van der Waals surface area contributed by atoms with E-state index in [4.69, 9.17) is 17.2 Å². The van der Waals surface area contributed by atoms with Crippen molar-refractivity contribution >= 4 is 11.9 Å². The quantitative estimate of drug-likeness (QED) is 0.300. The Hall–Kier alpha value is -1.38. The Kier molecular flexibility index (Phi) is 10.7. The minimum absolute atomic E-state index is 0.160. The molecule has 0 aromatic heterocycles. The lowest BCUT2D eigenvalue weighted by molar-refractivity contribution is -0.122. The van der Waals surface area contributed by atoms with E-state index in [0.29, 0.717) is 52.1 Å². The van der Waals surface area contributed by atoms with Crippen LogP contribution >= 0.6 is 0 Å². The first-order valence-electron chi connectivity index (χ1n) is 7.03. The maximum atomic E-state index is 11.8. The molecule has 0 saturated heterocycles. The summed E-state index contributed by atoms with van der Waals surface area (Å²) in [5.74, 6) is -0.160. The van der Waals surface area contributed by atoms with Crippen molar-refractivity contribution in [3.8, 4) is 0 Å². The van der Waals surface area contributed by atoms with Crippen LogP contribution in [0.15, 0.2) is 0 Å². The number of nitrogens with zero attached hydrogens (tertiary/aromatic N) is 1. The zero-order valence-corrected chi connectivity index (χ0v) is 12.2. The zero-order valence-electron chi connectivity index (χ0n) is 12.2. The molecule has 0 aromatic rings. The van der Waals surface area contributed by atoms with Gasteiger partial charge in [0, 0.05) is 39.3 Å². The summed E-state index contributed by atoms with van der Waals surface area (Å²) >= 11 is 0. The molecule has 0 heterocycles. The van der Waals surface area contributed by atoms with Gasteiger partial charge in [-0.1, -0.05) is 0 Å². The van der Waals surface area contributed by atoms with Crippen LogP contribution in [0.5, 0.6) is 0 Å². The minimum Gasteiger partial charge on any atom is -0.355 e. The molecule has 0 spiro atoms. The Bertz CT molecular complexity index is 281. The molecule has 1 atom stereocenters. The second-order valence-electron chi connectivity index (χ2n) is 4.44. The van der Waals surface area contributed by atoms with Gasteiger partial charge < -0.3 is 32.7 Å². The van der Waals surface area contributed by atoms with E-state index in [1.165, 1.54) is 0 Å². The molecule has 20 heavy (non-hydrogen) atoms. The van der Waals surface area contributed by atoms with Gasteiger partial charge in [0.2, 0.25) is 5.91 Å². The molecule has 3 amide bonds. The van der Waals surface area contributed by atoms with Crippen LogP contribution in [0.25, 0.3) is 0 Å². The lowest BCUT2D eigenvalue weighted by atomic mass is 10.1. The van der Waals surface area contributed by atoms with Crippen molar-refractivity contribution in [2.45, 2.75) is 25.8 Å². The average molecular weight is 288 g/mol. The molecule has 8 nitrogen and oxygen atoms in total. The van der Waals surface area contributed by atoms with E-state index in [9.17, 15) is 9.59 Å². The van der Waals surface area contributed by atoms with Crippen molar-refractivity contribution in [3.05, 3.63) is 0 Å². The second kappa shape index (κ2) is 11.4. The highest BCUT2D eigenvalue weighted by Crippen LogP contribution is 1.95.